The van der Waals surface area contributed by atoms with Gasteiger partial charge in [-0.3, -0.25) is 9.59 Å². The molecule has 7 heteroatoms. The quantitative estimate of drug-likeness (QED) is 0.701. The standard InChI is InChI=1S/C22H31N5O2/c1-25(2)18-11-7-16(8-12-18)20(27(5)6)15-23-21(28)22(29)24-17-9-13-19(14-10-17)26(3)4/h7-14,20H,15H2,1-6H3,(H,23,28)(H,24,29)/t20-/m1/s1. The number of benzene rings is 2. The zero-order valence-electron chi connectivity index (χ0n) is 18.1. The molecule has 29 heavy (non-hydrogen) atoms. The van der Waals surface area contributed by atoms with Gasteiger partial charge in [-0.2, -0.15) is 0 Å². The summed E-state index contributed by atoms with van der Waals surface area (Å²) in [6, 6.07) is 15.4. The number of anilines is 3. The highest BCUT2D eigenvalue weighted by Crippen LogP contribution is 2.21. The topological polar surface area (TPSA) is 67.9 Å². The van der Waals surface area contributed by atoms with Gasteiger partial charge in [-0.25, -0.2) is 0 Å². The number of carbonyl (C=O) groups is 2. The van der Waals surface area contributed by atoms with E-state index in [1.54, 1.807) is 12.1 Å². The van der Waals surface area contributed by atoms with E-state index in [0.717, 1.165) is 16.9 Å². The van der Waals surface area contributed by atoms with Crippen LogP contribution in [0.2, 0.25) is 0 Å². The predicted molar refractivity (Wildman–Crippen MR) is 120 cm³/mol. The van der Waals surface area contributed by atoms with Crippen molar-refractivity contribution in [1.82, 2.24) is 10.2 Å². The van der Waals surface area contributed by atoms with Gasteiger partial charge in [-0.1, -0.05) is 12.1 Å². The number of nitrogens with one attached hydrogen (secondary N) is 2. The van der Waals surface area contributed by atoms with Crippen LogP contribution in [0.25, 0.3) is 0 Å². The molecule has 2 amide bonds. The van der Waals surface area contributed by atoms with Crippen LogP contribution in [0, 0.1) is 0 Å². The van der Waals surface area contributed by atoms with E-state index in [0.29, 0.717) is 12.2 Å². The summed E-state index contributed by atoms with van der Waals surface area (Å²) in [5, 5.41) is 5.37. The van der Waals surface area contributed by atoms with Crippen molar-refractivity contribution in [2.24, 2.45) is 0 Å². The Morgan fingerprint density at radius 1 is 0.759 bits per heavy atom. The van der Waals surface area contributed by atoms with Crippen LogP contribution in [0.15, 0.2) is 48.5 Å². The molecule has 0 aromatic heterocycles. The van der Waals surface area contributed by atoms with E-state index < -0.39 is 11.8 Å². The Morgan fingerprint density at radius 3 is 1.69 bits per heavy atom. The van der Waals surface area contributed by atoms with Crippen molar-refractivity contribution < 1.29 is 9.59 Å². The third-order valence-corrected chi connectivity index (χ3v) is 4.72. The maximum atomic E-state index is 12.3. The summed E-state index contributed by atoms with van der Waals surface area (Å²) in [4.78, 5) is 30.5. The Hall–Kier alpha value is -3.06. The van der Waals surface area contributed by atoms with Gasteiger partial charge in [0.15, 0.2) is 0 Å². The molecule has 0 spiro atoms. The summed E-state index contributed by atoms with van der Waals surface area (Å²) < 4.78 is 0. The van der Waals surface area contributed by atoms with Crippen LogP contribution >= 0.6 is 0 Å². The van der Waals surface area contributed by atoms with Crippen LogP contribution in [-0.2, 0) is 9.59 Å². The molecule has 0 saturated heterocycles. The lowest BCUT2D eigenvalue weighted by atomic mass is 10.1. The lowest BCUT2D eigenvalue weighted by Crippen LogP contribution is -2.40. The largest absolute Gasteiger partial charge is 0.378 e. The average Bonchev–Trinajstić information content (AvgIpc) is 2.68. The number of nitrogens with zero attached hydrogens (tertiary/aromatic N) is 3. The molecule has 1 atom stereocenters. The van der Waals surface area contributed by atoms with Crippen molar-refractivity contribution in [3.63, 3.8) is 0 Å². The van der Waals surface area contributed by atoms with Crippen LogP contribution in [0.1, 0.15) is 11.6 Å². The highest BCUT2D eigenvalue weighted by Gasteiger charge is 2.19. The van der Waals surface area contributed by atoms with Crippen LogP contribution in [0.3, 0.4) is 0 Å². The maximum Gasteiger partial charge on any atom is 0.313 e. The monoisotopic (exact) mass is 397 g/mol. The highest BCUT2D eigenvalue weighted by molar-refractivity contribution is 6.39. The minimum Gasteiger partial charge on any atom is -0.378 e. The van der Waals surface area contributed by atoms with E-state index in [-0.39, 0.29) is 6.04 Å². The Bertz CT molecular complexity index is 814. The number of carbonyl (C=O) groups excluding carboxylic acids is 2. The Kier molecular flexibility index (Phi) is 7.61. The van der Waals surface area contributed by atoms with Crippen molar-refractivity contribution in [2.45, 2.75) is 6.04 Å². The summed E-state index contributed by atoms with van der Waals surface area (Å²) in [5.74, 6) is -1.33. The lowest BCUT2D eigenvalue weighted by molar-refractivity contribution is -0.136. The minimum absolute atomic E-state index is 0.0395. The van der Waals surface area contributed by atoms with Crippen LogP contribution < -0.4 is 20.4 Å². The number of hydrogen-bond donors (Lipinski definition) is 2. The van der Waals surface area contributed by atoms with Gasteiger partial charge in [-0.05, 0) is 56.1 Å². The zero-order valence-corrected chi connectivity index (χ0v) is 18.1. The molecule has 0 aliphatic carbocycles. The van der Waals surface area contributed by atoms with Gasteiger partial charge < -0.3 is 25.3 Å². The van der Waals surface area contributed by atoms with Crippen molar-refractivity contribution in [2.75, 3.05) is 63.9 Å². The van der Waals surface area contributed by atoms with E-state index in [1.165, 1.54) is 0 Å². The fourth-order valence-corrected chi connectivity index (χ4v) is 2.89. The lowest BCUT2D eigenvalue weighted by Gasteiger charge is -2.25. The first kappa shape index (κ1) is 22.2. The summed E-state index contributed by atoms with van der Waals surface area (Å²) in [6.07, 6.45) is 0. The summed E-state index contributed by atoms with van der Waals surface area (Å²) in [7, 11) is 11.8. The number of rotatable bonds is 7. The van der Waals surface area contributed by atoms with E-state index in [4.69, 9.17) is 0 Å². The van der Waals surface area contributed by atoms with Gasteiger partial charge in [0.25, 0.3) is 0 Å². The zero-order chi connectivity index (χ0) is 21.6. The fraction of sp³-hybridized carbons (Fsp3) is 0.364. The molecule has 0 radical (unpaired) electrons. The van der Waals surface area contributed by atoms with Gasteiger partial charge in [-0.15, -0.1) is 0 Å². The van der Waals surface area contributed by atoms with Crippen molar-refractivity contribution in [3.8, 4) is 0 Å². The molecule has 2 aromatic carbocycles. The third kappa shape index (κ3) is 6.22. The van der Waals surface area contributed by atoms with E-state index in [1.807, 2.05) is 93.4 Å². The van der Waals surface area contributed by atoms with E-state index in [9.17, 15) is 9.59 Å². The number of amides is 2. The van der Waals surface area contributed by atoms with Gasteiger partial charge in [0, 0.05) is 51.8 Å². The first-order chi connectivity index (χ1) is 13.7. The minimum atomic E-state index is -0.678. The van der Waals surface area contributed by atoms with Gasteiger partial charge >= 0.3 is 11.8 Å². The van der Waals surface area contributed by atoms with E-state index in [2.05, 4.69) is 10.6 Å². The maximum absolute atomic E-state index is 12.3. The highest BCUT2D eigenvalue weighted by atomic mass is 16.2. The first-order valence-electron chi connectivity index (χ1n) is 9.49. The second kappa shape index (κ2) is 9.93. The van der Waals surface area contributed by atoms with Gasteiger partial charge in [0.05, 0.1) is 6.04 Å². The molecule has 0 heterocycles. The van der Waals surface area contributed by atoms with Gasteiger partial charge in [0.1, 0.15) is 0 Å². The fourth-order valence-electron chi connectivity index (χ4n) is 2.89. The number of likely N-dealkylation sites (N-methyl/N-ethyl adjacent to an activating group) is 1. The van der Waals surface area contributed by atoms with Gasteiger partial charge in [0.2, 0.25) is 0 Å². The molecule has 0 saturated carbocycles. The molecule has 156 valence electrons. The molecule has 0 bridgehead atoms. The van der Waals surface area contributed by atoms with Crippen LogP contribution in [0.4, 0.5) is 17.1 Å². The Morgan fingerprint density at radius 2 is 1.24 bits per heavy atom. The molecular formula is C22H31N5O2. The molecule has 7 nitrogen and oxygen atoms in total. The smallest absolute Gasteiger partial charge is 0.313 e. The molecular weight excluding hydrogens is 366 g/mol. The number of hydrogen-bond acceptors (Lipinski definition) is 5. The molecule has 2 rings (SSSR count). The summed E-state index contributed by atoms with van der Waals surface area (Å²) in [6.45, 7) is 0.333. The van der Waals surface area contributed by atoms with Crippen LogP contribution in [-0.4, -0.2) is 65.5 Å². The molecule has 0 unspecified atom stereocenters. The average molecular weight is 398 g/mol. The first-order valence-corrected chi connectivity index (χ1v) is 9.49. The third-order valence-electron chi connectivity index (χ3n) is 4.72. The van der Waals surface area contributed by atoms with Crippen molar-refractivity contribution in [3.05, 3.63) is 54.1 Å². The van der Waals surface area contributed by atoms with Crippen molar-refractivity contribution in [1.29, 1.82) is 0 Å². The Balaban J connectivity index is 1.96. The molecule has 2 aromatic rings. The summed E-state index contributed by atoms with van der Waals surface area (Å²) in [5.41, 5.74) is 3.77. The SMILES string of the molecule is CN(C)c1ccc(NC(=O)C(=O)NC[C@H](c2ccc(N(C)C)cc2)N(C)C)cc1. The van der Waals surface area contributed by atoms with E-state index >= 15 is 0 Å². The molecule has 0 aliphatic heterocycles. The summed E-state index contributed by atoms with van der Waals surface area (Å²) >= 11 is 0. The van der Waals surface area contributed by atoms with Crippen LogP contribution in [0.5, 0.6) is 0 Å². The second-order valence-electron chi connectivity index (χ2n) is 7.57. The Labute approximate surface area is 173 Å². The molecule has 0 aliphatic rings. The van der Waals surface area contributed by atoms with Crippen molar-refractivity contribution >= 4 is 28.9 Å². The predicted octanol–water partition coefficient (Wildman–Crippen LogP) is 2.18. The molecule has 2 N–H and O–H groups in total. The molecule has 0 fully saturated rings. The normalized spacial score (nSPS) is 11.7. The second-order valence-corrected chi connectivity index (χ2v) is 7.57.